The number of aromatic nitrogens is 3. The number of carbonyl (C=O) groups excluding carboxylic acids is 1. The van der Waals surface area contributed by atoms with Crippen LogP contribution in [0.25, 0.3) is 0 Å². The molecule has 2 aromatic rings. The van der Waals surface area contributed by atoms with Crippen molar-refractivity contribution >= 4 is 5.91 Å². The lowest BCUT2D eigenvalue weighted by Crippen LogP contribution is -2.28. The molecular formula is C18H24N4O2. The molecule has 3 heterocycles. The van der Waals surface area contributed by atoms with E-state index in [-0.39, 0.29) is 11.9 Å². The maximum atomic E-state index is 12.2. The normalized spacial score (nSPS) is 23.1. The zero-order valence-corrected chi connectivity index (χ0v) is 14.3. The van der Waals surface area contributed by atoms with Gasteiger partial charge >= 0.3 is 0 Å². The van der Waals surface area contributed by atoms with Crippen LogP contribution in [-0.4, -0.2) is 20.7 Å². The number of aryl methyl sites for hydroxylation is 2. The van der Waals surface area contributed by atoms with Gasteiger partial charge in [0.15, 0.2) is 5.82 Å². The fourth-order valence-electron chi connectivity index (χ4n) is 3.55. The van der Waals surface area contributed by atoms with Gasteiger partial charge in [0.1, 0.15) is 17.3 Å². The van der Waals surface area contributed by atoms with E-state index in [1.165, 1.54) is 6.42 Å². The predicted molar refractivity (Wildman–Crippen MR) is 88.5 cm³/mol. The van der Waals surface area contributed by atoms with Crippen LogP contribution in [0.3, 0.4) is 0 Å². The van der Waals surface area contributed by atoms with E-state index in [0.717, 1.165) is 48.5 Å². The lowest BCUT2D eigenvalue weighted by Gasteiger charge is -2.13. The van der Waals surface area contributed by atoms with Crippen LogP contribution in [0.5, 0.6) is 0 Å². The third-order valence-electron chi connectivity index (χ3n) is 5.16. The summed E-state index contributed by atoms with van der Waals surface area (Å²) in [6.45, 7) is 5.16. The number of nitrogens with zero attached hydrogens (tertiary/aromatic N) is 3. The van der Waals surface area contributed by atoms with Crippen molar-refractivity contribution in [1.29, 1.82) is 0 Å². The number of hydrogen-bond donors (Lipinski definition) is 1. The Hall–Kier alpha value is -2.11. The van der Waals surface area contributed by atoms with Crippen LogP contribution in [-0.2, 0) is 24.2 Å². The van der Waals surface area contributed by atoms with E-state index in [1.807, 2.05) is 13.0 Å². The summed E-state index contributed by atoms with van der Waals surface area (Å²) >= 11 is 0. The average Bonchev–Trinajstić information content (AvgIpc) is 2.99. The predicted octanol–water partition coefficient (Wildman–Crippen LogP) is 2.75. The lowest BCUT2D eigenvalue weighted by atomic mass is 10.2. The highest BCUT2D eigenvalue weighted by Crippen LogP contribution is 2.47. The molecule has 0 aromatic carbocycles. The first-order valence-corrected chi connectivity index (χ1v) is 8.91. The van der Waals surface area contributed by atoms with Gasteiger partial charge in [0, 0.05) is 31.7 Å². The van der Waals surface area contributed by atoms with Crippen molar-refractivity contribution in [2.45, 2.75) is 64.5 Å². The van der Waals surface area contributed by atoms with E-state index in [0.29, 0.717) is 18.8 Å². The second kappa shape index (κ2) is 6.07. The maximum absolute atomic E-state index is 12.2. The SMILES string of the molecule is C[C@H](NC(=O)CCc1ccc([C@@H]2C[C@@H]2C)o1)c1nnc2n1CCC2. The molecule has 3 atom stereocenters. The molecule has 0 spiro atoms. The Balaban J connectivity index is 1.29. The average molecular weight is 328 g/mol. The quantitative estimate of drug-likeness (QED) is 0.885. The van der Waals surface area contributed by atoms with Gasteiger partial charge in [0.2, 0.25) is 5.91 Å². The third-order valence-corrected chi connectivity index (χ3v) is 5.16. The first-order chi connectivity index (χ1) is 11.6. The first-order valence-electron chi connectivity index (χ1n) is 8.91. The topological polar surface area (TPSA) is 73.0 Å². The number of rotatable bonds is 6. The summed E-state index contributed by atoms with van der Waals surface area (Å²) in [5.74, 6) is 5.21. The van der Waals surface area contributed by atoms with Crippen LogP contribution in [0.1, 0.15) is 68.2 Å². The molecule has 2 aromatic heterocycles. The third kappa shape index (κ3) is 2.97. The molecule has 1 fully saturated rings. The molecule has 0 radical (unpaired) electrons. The molecule has 1 N–H and O–H groups in total. The molecule has 6 heteroatoms. The molecule has 6 nitrogen and oxygen atoms in total. The summed E-state index contributed by atoms with van der Waals surface area (Å²) < 4.78 is 7.99. The Kier molecular flexibility index (Phi) is 3.90. The second-order valence-electron chi connectivity index (χ2n) is 7.14. The Labute approximate surface area is 141 Å². The minimum Gasteiger partial charge on any atom is -0.466 e. The van der Waals surface area contributed by atoms with E-state index in [2.05, 4.69) is 33.1 Å². The molecule has 4 rings (SSSR count). The van der Waals surface area contributed by atoms with Crippen molar-refractivity contribution in [3.8, 4) is 0 Å². The van der Waals surface area contributed by atoms with Gasteiger partial charge in [-0.3, -0.25) is 4.79 Å². The zero-order chi connectivity index (χ0) is 16.7. The zero-order valence-electron chi connectivity index (χ0n) is 14.3. The van der Waals surface area contributed by atoms with Crippen LogP contribution in [0.15, 0.2) is 16.5 Å². The fourth-order valence-corrected chi connectivity index (χ4v) is 3.55. The van der Waals surface area contributed by atoms with Crippen molar-refractivity contribution < 1.29 is 9.21 Å². The second-order valence-corrected chi connectivity index (χ2v) is 7.14. The van der Waals surface area contributed by atoms with Crippen molar-refractivity contribution in [1.82, 2.24) is 20.1 Å². The van der Waals surface area contributed by atoms with Gasteiger partial charge in [0.05, 0.1) is 6.04 Å². The largest absolute Gasteiger partial charge is 0.466 e. The maximum Gasteiger partial charge on any atom is 0.221 e. The molecule has 0 saturated heterocycles. The lowest BCUT2D eigenvalue weighted by molar-refractivity contribution is -0.121. The van der Waals surface area contributed by atoms with E-state index in [1.54, 1.807) is 0 Å². The molecule has 24 heavy (non-hydrogen) atoms. The van der Waals surface area contributed by atoms with Crippen molar-refractivity contribution in [2.75, 3.05) is 0 Å². The number of amides is 1. The van der Waals surface area contributed by atoms with E-state index < -0.39 is 0 Å². The number of hydrogen-bond acceptors (Lipinski definition) is 4. The summed E-state index contributed by atoms with van der Waals surface area (Å²) in [5, 5.41) is 11.4. The Morgan fingerprint density at radius 1 is 1.46 bits per heavy atom. The monoisotopic (exact) mass is 328 g/mol. The van der Waals surface area contributed by atoms with Gasteiger partial charge in [-0.05, 0) is 37.8 Å². The van der Waals surface area contributed by atoms with Crippen LogP contribution >= 0.6 is 0 Å². The number of nitrogens with one attached hydrogen (secondary N) is 1. The van der Waals surface area contributed by atoms with Gasteiger partial charge < -0.3 is 14.3 Å². The molecule has 128 valence electrons. The van der Waals surface area contributed by atoms with Gasteiger partial charge in [-0.15, -0.1) is 10.2 Å². The Bertz CT molecular complexity index is 748. The number of carbonyl (C=O) groups is 1. The molecule has 1 aliphatic carbocycles. The van der Waals surface area contributed by atoms with Gasteiger partial charge in [0.25, 0.3) is 0 Å². The highest BCUT2D eigenvalue weighted by Gasteiger charge is 2.36. The van der Waals surface area contributed by atoms with E-state index >= 15 is 0 Å². The van der Waals surface area contributed by atoms with Gasteiger partial charge in [-0.25, -0.2) is 0 Å². The van der Waals surface area contributed by atoms with E-state index in [4.69, 9.17) is 4.42 Å². The Morgan fingerprint density at radius 3 is 3.08 bits per heavy atom. The number of fused-ring (bicyclic) bond motifs is 1. The number of furan rings is 1. The Morgan fingerprint density at radius 2 is 2.29 bits per heavy atom. The smallest absolute Gasteiger partial charge is 0.221 e. The van der Waals surface area contributed by atoms with Gasteiger partial charge in [-0.2, -0.15) is 0 Å². The fraction of sp³-hybridized carbons (Fsp3) is 0.611. The van der Waals surface area contributed by atoms with Crippen LogP contribution in [0.4, 0.5) is 0 Å². The van der Waals surface area contributed by atoms with Crippen molar-refractivity contribution in [3.63, 3.8) is 0 Å². The molecule has 1 aliphatic heterocycles. The van der Waals surface area contributed by atoms with Crippen LogP contribution in [0.2, 0.25) is 0 Å². The molecule has 1 amide bonds. The first kappa shape index (κ1) is 15.4. The summed E-state index contributed by atoms with van der Waals surface area (Å²) in [7, 11) is 0. The van der Waals surface area contributed by atoms with Crippen LogP contribution in [0, 0.1) is 5.92 Å². The highest BCUT2D eigenvalue weighted by atomic mass is 16.3. The van der Waals surface area contributed by atoms with Crippen molar-refractivity contribution in [3.05, 3.63) is 35.3 Å². The highest BCUT2D eigenvalue weighted by molar-refractivity contribution is 5.76. The molecular weight excluding hydrogens is 304 g/mol. The van der Waals surface area contributed by atoms with Gasteiger partial charge in [-0.1, -0.05) is 6.92 Å². The summed E-state index contributed by atoms with van der Waals surface area (Å²) in [6, 6.07) is 3.95. The van der Waals surface area contributed by atoms with Crippen molar-refractivity contribution in [2.24, 2.45) is 5.92 Å². The minimum atomic E-state index is -0.115. The summed E-state index contributed by atoms with van der Waals surface area (Å²) in [4.78, 5) is 12.2. The summed E-state index contributed by atoms with van der Waals surface area (Å²) in [6.07, 6.45) is 4.37. The van der Waals surface area contributed by atoms with Crippen LogP contribution < -0.4 is 5.32 Å². The molecule has 0 unspecified atom stereocenters. The minimum absolute atomic E-state index is 0.0237. The molecule has 2 aliphatic rings. The standard InChI is InChI=1S/C18H24N4O2/c1-11-10-14(11)15-7-5-13(24-15)6-8-17(23)19-12(2)18-21-20-16-4-3-9-22(16)18/h5,7,11-12,14H,3-4,6,8-10H2,1-2H3,(H,19,23)/t11-,12-,14+/m0/s1. The van der Waals surface area contributed by atoms with E-state index in [9.17, 15) is 4.79 Å². The summed E-state index contributed by atoms with van der Waals surface area (Å²) in [5.41, 5.74) is 0. The molecule has 0 bridgehead atoms. The molecule has 1 saturated carbocycles.